The van der Waals surface area contributed by atoms with Crippen molar-refractivity contribution in [1.29, 1.82) is 0 Å². The average Bonchev–Trinajstić information content (AvgIpc) is 3.25. The number of aromatic nitrogens is 2. The second kappa shape index (κ2) is 8.08. The van der Waals surface area contributed by atoms with E-state index in [-0.39, 0.29) is 17.7 Å². The molecule has 0 N–H and O–H groups in total. The van der Waals surface area contributed by atoms with Crippen LogP contribution in [0.3, 0.4) is 0 Å². The van der Waals surface area contributed by atoms with Crippen LogP contribution < -0.4 is 5.69 Å². The van der Waals surface area contributed by atoms with Gasteiger partial charge < -0.3 is 4.74 Å². The zero-order chi connectivity index (χ0) is 22.6. The van der Waals surface area contributed by atoms with Crippen LogP contribution in [-0.4, -0.2) is 39.7 Å². The second-order valence-electron chi connectivity index (χ2n) is 9.25. The SMILES string of the molecule is C[C@H]1C[C@@]2(CCN1Cc1ccc3c(c1)n(C)c(=O)n3C)OCCc1cc(CC(F)F)sc12. The summed E-state index contributed by atoms with van der Waals surface area (Å²) in [4.78, 5) is 16.6. The first kappa shape index (κ1) is 21.8. The van der Waals surface area contributed by atoms with Crippen LogP contribution in [0.1, 0.15) is 40.6 Å². The van der Waals surface area contributed by atoms with Crippen molar-refractivity contribution < 1.29 is 13.5 Å². The number of ether oxygens (including phenoxy) is 1. The Labute approximate surface area is 190 Å². The lowest BCUT2D eigenvalue weighted by Gasteiger charge is -2.47. The predicted molar refractivity (Wildman–Crippen MR) is 123 cm³/mol. The Balaban J connectivity index is 1.35. The van der Waals surface area contributed by atoms with Gasteiger partial charge in [-0.1, -0.05) is 6.07 Å². The molecule has 4 heterocycles. The molecule has 2 atom stereocenters. The molecule has 0 amide bonds. The number of fused-ring (bicyclic) bond motifs is 3. The number of alkyl halides is 2. The van der Waals surface area contributed by atoms with Crippen molar-refractivity contribution in [3.63, 3.8) is 0 Å². The van der Waals surface area contributed by atoms with Gasteiger partial charge in [0.25, 0.3) is 0 Å². The maximum atomic E-state index is 12.9. The number of halogens is 2. The Morgan fingerprint density at radius 3 is 2.75 bits per heavy atom. The van der Waals surface area contributed by atoms with Gasteiger partial charge in [-0.2, -0.15) is 0 Å². The standard InChI is InChI=1S/C24H29F2N3O2S/c1-15-13-24(22-17(6-9-31-24)11-18(32-22)12-21(25)26)7-8-29(15)14-16-4-5-19-20(10-16)28(3)23(30)27(19)2/h4-5,10-11,15,21H,6-9,12-14H2,1-3H3/t15-,24+/m0/s1. The lowest BCUT2D eigenvalue weighted by molar-refractivity contribution is -0.110. The molecular weight excluding hydrogens is 432 g/mol. The van der Waals surface area contributed by atoms with E-state index in [4.69, 9.17) is 4.74 Å². The van der Waals surface area contributed by atoms with Gasteiger partial charge in [0.05, 0.1) is 17.6 Å². The molecule has 32 heavy (non-hydrogen) atoms. The van der Waals surface area contributed by atoms with E-state index in [0.29, 0.717) is 12.6 Å². The van der Waals surface area contributed by atoms with Crippen LogP contribution in [0, 0.1) is 0 Å². The summed E-state index contributed by atoms with van der Waals surface area (Å²) in [5.74, 6) is 0. The molecule has 8 heteroatoms. The van der Waals surface area contributed by atoms with Crippen molar-refractivity contribution in [3.8, 4) is 0 Å². The van der Waals surface area contributed by atoms with Gasteiger partial charge in [-0.3, -0.25) is 14.0 Å². The number of aryl methyl sites for hydroxylation is 2. The summed E-state index contributed by atoms with van der Waals surface area (Å²) in [7, 11) is 3.61. The van der Waals surface area contributed by atoms with Gasteiger partial charge in [-0.15, -0.1) is 11.3 Å². The highest BCUT2D eigenvalue weighted by molar-refractivity contribution is 7.12. The Bertz CT molecular complexity index is 1210. The summed E-state index contributed by atoms with van der Waals surface area (Å²) >= 11 is 1.52. The summed E-state index contributed by atoms with van der Waals surface area (Å²) in [6, 6.07) is 8.51. The predicted octanol–water partition coefficient (Wildman–Crippen LogP) is 4.20. The molecule has 1 fully saturated rings. The van der Waals surface area contributed by atoms with Crippen LogP contribution in [-0.2, 0) is 43.8 Å². The fraction of sp³-hybridized carbons (Fsp3) is 0.542. The second-order valence-corrected chi connectivity index (χ2v) is 10.4. The molecule has 1 aromatic carbocycles. The number of hydrogen-bond donors (Lipinski definition) is 0. The summed E-state index contributed by atoms with van der Waals surface area (Å²) in [5, 5.41) is 0. The van der Waals surface area contributed by atoms with Crippen molar-refractivity contribution in [2.45, 2.75) is 57.2 Å². The largest absolute Gasteiger partial charge is 0.369 e. The summed E-state index contributed by atoms with van der Waals surface area (Å²) in [5.41, 5.74) is 3.91. The smallest absolute Gasteiger partial charge is 0.328 e. The quantitative estimate of drug-likeness (QED) is 0.585. The highest BCUT2D eigenvalue weighted by Gasteiger charge is 2.44. The molecule has 0 aliphatic carbocycles. The van der Waals surface area contributed by atoms with Crippen molar-refractivity contribution in [3.05, 3.63) is 55.6 Å². The summed E-state index contributed by atoms with van der Waals surface area (Å²) in [6.07, 6.45) is 0.0604. The Morgan fingerprint density at radius 2 is 2.00 bits per heavy atom. The third-order valence-corrected chi connectivity index (χ3v) is 8.54. The fourth-order valence-corrected chi connectivity index (χ4v) is 6.84. The number of hydrogen-bond acceptors (Lipinski definition) is 4. The van der Waals surface area contributed by atoms with E-state index >= 15 is 0 Å². The molecule has 172 valence electrons. The van der Waals surface area contributed by atoms with Crippen molar-refractivity contribution in [2.75, 3.05) is 13.2 Å². The molecule has 0 radical (unpaired) electrons. The van der Waals surface area contributed by atoms with E-state index in [1.165, 1.54) is 27.3 Å². The van der Waals surface area contributed by atoms with Crippen LogP contribution in [0.2, 0.25) is 0 Å². The summed E-state index contributed by atoms with van der Waals surface area (Å²) in [6.45, 7) is 4.57. The number of thiophene rings is 1. The molecule has 0 unspecified atom stereocenters. The molecule has 0 bridgehead atoms. The van der Waals surface area contributed by atoms with Crippen LogP contribution in [0.25, 0.3) is 11.0 Å². The first-order chi connectivity index (χ1) is 15.3. The first-order valence-corrected chi connectivity index (χ1v) is 12.0. The Morgan fingerprint density at radius 1 is 1.22 bits per heavy atom. The number of rotatable bonds is 4. The summed E-state index contributed by atoms with van der Waals surface area (Å²) < 4.78 is 35.6. The molecule has 2 aliphatic rings. The third kappa shape index (κ3) is 3.62. The molecular formula is C24H29F2N3O2S. The lowest BCUT2D eigenvalue weighted by Crippen LogP contribution is -2.49. The van der Waals surface area contributed by atoms with Crippen molar-refractivity contribution >= 4 is 22.4 Å². The molecule has 5 nitrogen and oxygen atoms in total. The minimum absolute atomic E-state index is 0.0159. The maximum absolute atomic E-state index is 12.9. The number of piperidine rings is 1. The van der Waals surface area contributed by atoms with Crippen LogP contribution in [0.4, 0.5) is 8.78 Å². The molecule has 1 saturated heterocycles. The van der Waals surface area contributed by atoms with Crippen molar-refractivity contribution in [2.24, 2.45) is 14.1 Å². The first-order valence-electron chi connectivity index (χ1n) is 11.2. The molecule has 3 aromatic rings. The van der Waals surface area contributed by atoms with Crippen LogP contribution >= 0.6 is 11.3 Å². The zero-order valence-electron chi connectivity index (χ0n) is 18.7. The Kier molecular flexibility index (Phi) is 5.50. The molecule has 2 aliphatic heterocycles. The number of benzene rings is 1. The van der Waals surface area contributed by atoms with E-state index < -0.39 is 6.43 Å². The monoisotopic (exact) mass is 461 g/mol. The van der Waals surface area contributed by atoms with Crippen LogP contribution in [0.15, 0.2) is 29.1 Å². The Hall–Kier alpha value is -2.03. The van der Waals surface area contributed by atoms with E-state index in [2.05, 4.69) is 24.0 Å². The van der Waals surface area contributed by atoms with Gasteiger partial charge in [0.1, 0.15) is 5.60 Å². The van der Waals surface area contributed by atoms with Gasteiger partial charge in [0.2, 0.25) is 6.43 Å². The van der Waals surface area contributed by atoms with E-state index in [1.54, 1.807) is 16.2 Å². The van der Waals surface area contributed by atoms with Gasteiger partial charge in [-0.05, 0) is 55.5 Å². The number of likely N-dealkylation sites (tertiary alicyclic amines) is 1. The topological polar surface area (TPSA) is 39.4 Å². The fourth-order valence-electron chi connectivity index (χ4n) is 5.44. The molecule has 1 spiro atoms. The minimum atomic E-state index is -2.31. The van der Waals surface area contributed by atoms with E-state index in [0.717, 1.165) is 48.3 Å². The van der Waals surface area contributed by atoms with E-state index in [1.807, 2.05) is 19.2 Å². The van der Waals surface area contributed by atoms with Gasteiger partial charge >= 0.3 is 5.69 Å². The number of imidazole rings is 1. The average molecular weight is 462 g/mol. The van der Waals surface area contributed by atoms with Crippen LogP contribution in [0.5, 0.6) is 0 Å². The van der Waals surface area contributed by atoms with E-state index in [9.17, 15) is 13.6 Å². The molecule has 0 saturated carbocycles. The highest BCUT2D eigenvalue weighted by Crippen LogP contribution is 2.47. The highest BCUT2D eigenvalue weighted by atomic mass is 32.1. The third-order valence-electron chi connectivity index (χ3n) is 7.15. The van der Waals surface area contributed by atoms with Gasteiger partial charge in [-0.25, -0.2) is 13.6 Å². The normalized spacial score (nSPS) is 24.0. The van der Waals surface area contributed by atoms with Gasteiger partial charge in [0.15, 0.2) is 0 Å². The van der Waals surface area contributed by atoms with Gasteiger partial charge in [0, 0.05) is 49.4 Å². The minimum Gasteiger partial charge on any atom is -0.369 e. The maximum Gasteiger partial charge on any atom is 0.328 e. The van der Waals surface area contributed by atoms with Crippen molar-refractivity contribution in [1.82, 2.24) is 14.0 Å². The zero-order valence-corrected chi connectivity index (χ0v) is 19.6. The lowest BCUT2D eigenvalue weighted by atomic mass is 9.82. The molecule has 2 aromatic heterocycles. The molecule has 5 rings (SSSR count). The number of nitrogens with zero attached hydrogens (tertiary/aromatic N) is 3.